The minimum atomic E-state index is -1.51. The maximum atomic E-state index is 10.7. The van der Waals surface area contributed by atoms with Gasteiger partial charge in [-0.25, -0.2) is 4.79 Å². The van der Waals surface area contributed by atoms with E-state index in [-0.39, 0.29) is 0 Å². The normalized spacial score (nSPS) is 12.1. The molecule has 2 N–H and O–H groups in total. The van der Waals surface area contributed by atoms with Gasteiger partial charge in [-0.2, -0.15) is 0 Å². The molecule has 1 unspecified atom stereocenters. The lowest BCUT2D eigenvalue weighted by atomic mass is 9.99. The summed E-state index contributed by atoms with van der Waals surface area (Å²) in [6, 6.07) is 5.13. The molecule has 0 spiro atoms. The zero-order valence-electron chi connectivity index (χ0n) is 9.10. The van der Waals surface area contributed by atoms with Crippen LogP contribution in [0.15, 0.2) is 18.2 Å². The number of benzene rings is 1. The number of aliphatic hydroxyl groups is 1. The summed E-state index contributed by atoms with van der Waals surface area (Å²) < 4.78 is 0. The molecular formula is C12H13BrO4. The number of alkyl halides is 1. The zero-order chi connectivity index (χ0) is 12.8. The number of aldehydes is 1. The van der Waals surface area contributed by atoms with Gasteiger partial charge in [-0.05, 0) is 23.1 Å². The van der Waals surface area contributed by atoms with Gasteiger partial charge in [0, 0.05) is 11.8 Å². The lowest BCUT2D eigenvalue weighted by Crippen LogP contribution is -2.12. The average Bonchev–Trinajstić information content (AvgIpc) is 2.34. The molecule has 0 aliphatic heterocycles. The Morgan fingerprint density at radius 2 is 2.18 bits per heavy atom. The molecule has 0 bridgehead atoms. The molecule has 0 radical (unpaired) electrons. The standard InChI is InChI=1S/C12H13BrO4/c13-7-9-6-8(2-1-5-14)3-4-10(9)11(15)12(16)17/h3-6,11,15H,1-2,7H2,(H,16,17). The zero-order valence-corrected chi connectivity index (χ0v) is 10.7. The molecule has 17 heavy (non-hydrogen) atoms. The quantitative estimate of drug-likeness (QED) is 0.621. The van der Waals surface area contributed by atoms with Crippen molar-refractivity contribution in [1.82, 2.24) is 0 Å². The Morgan fingerprint density at radius 1 is 1.47 bits per heavy atom. The lowest BCUT2D eigenvalue weighted by molar-refractivity contribution is -0.147. The highest BCUT2D eigenvalue weighted by atomic mass is 79.9. The van der Waals surface area contributed by atoms with Crippen LogP contribution in [0.5, 0.6) is 0 Å². The van der Waals surface area contributed by atoms with Crippen molar-refractivity contribution in [2.24, 2.45) is 0 Å². The minimum absolute atomic E-state index is 0.379. The van der Waals surface area contributed by atoms with Crippen molar-refractivity contribution in [3.63, 3.8) is 0 Å². The molecule has 0 amide bonds. The van der Waals surface area contributed by atoms with E-state index in [1.807, 2.05) is 0 Å². The van der Waals surface area contributed by atoms with E-state index in [1.165, 1.54) is 0 Å². The molecule has 0 aliphatic carbocycles. The third kappa shape index (κ3) is 3.64. The third-order valence-corrected chi connectivity index (χ3v) is 3.03. The number of hydrogen-bond acceptors (Lipinski definition) is 3. The number of hydrogen-bond donors (Lipinski definition) is 2. The smallest absolute Gasteiger partial charge is 0.337 e. The van der Waals surface area contributed by atoms with Crippen LogP contribution < -0.4 is 0 Å². The molecule has 0 fully saturated rings. The van der Waals surface area contributed by atoms with Crippen molar-refractivity contribution in [3.05, 3.63) is 34.9 Å². The first-order chi connectivity index (χ1) is 8.10. The third-order valence-electron chi connectivity index (χ3n) is 2.43. The predicted octanol–water partition coefficient (Wildman–Crippen LogP) is 1.83. The van der Waals surface area contributed by atoms with Crippen LogP contribution in [-0.4, -0.2) is 22.5 Å². The van der Waals surface area contributed by atoms with Gasteiger partial charge >= 0.3 is 5.97 Å². The SMILES string of the molecule is O=CCCc1ccc(C(O)C(=O)O)c(CBr)c1. The predicted molar refractivity (Wildman–Crippen MR) is 66.1 cm³/mol. The first-order valence-electron chi connectivity index (χ1n) is 5.12. The maximum absolute atomic E-state index is 10.7. The largest absolute Gasteiger partial charge is 0.479 e. The topological polar surface area (TPSA) is 74.6 Å². The fourth-order valence-corrected chi connectivity index (χ4v) is 2.04. The molecule has 1 atom stereocenters. The van der Waals surface area contributed by atoms with Crippen molar-refractivity contribution >= 4 is 28.2 Å². The van der Waals surface area contributed by atoms with E-state index >= 15 is 0 Å². The highest BCUT2D eigenvalue weighted by Gasteiger charge is 2.19. The average molecular weight is 301 g/mol. The first-order valence-corrected chi connectivity index (χ1v) is 6.24. The van der Waals surface area contributed by atoms with Crippen molar-refractivity contribution in [1.29, 1.82) is 0 Å². The van der Waals surface area contributed by atoms with Gasteiger partial charge < -0.3 is 15.0 Å². The molecule has 0 saturated heterocycles. The molecule has 0 aliphatic rings. The Hall–Kier alpha value is -1.20. The molecule has 1 aromatic rings. The van der Waals surface area contributed by atoms with Crippen molar-refractivity contribution in [2.75, 3.05) is 0 Å². The number of rotatable bonds is 6. The van der Waals surface area contributed by atoms with E-state index < -0.39 is 12.1 Å². The molecular weight excluding hydrogens is 288 g/mol. The molecule has 0 aromatic heterocycles. The van der Waals surface area contributed by atoms with Crippen LogP contribution in [0.2, 0.25) is 0 Å². The van der Waals surface area contributed by atoms with Gasteiger partial charge in [0.05, 0.1) is 0 Å². The summed E-state index contributed by atoms with van der Waals surface area (Å²) in [6.07, 6.45) is 0.381. The second kappa shape index (κ2) is 6.51. The minimum Gasteiger partial charge on any atom is -0.479 e. The molecule has 1 rings (SSSR count). The van der Waals surface area contributed by atoms with Crippen LogP contribution >= 0.6 is 15.9 Å². The molecule has 5 heteroatoms. The van der Waals surface area contributed by atoms with E-state index in [1.54, 1.807) is 18.2 Å². The Labute approximate surface area is 107 Å². The number of aliphatic hydroxyl groups excluding tert-OH is 1. The van der Waals surface area contributed by atoms with Gasteiger partial charge in [-0.15, -0.1) is 0 Å². The van der Waals surface area contributed by atoms with Gasteiger partial charge in [0.2, 0.25) is 0 Å². The Kier molecular flexibility index (Phi) is 5.31. The van der Waals surface area contributed by atoms with E-state index in [2.05, 4.69) is 15.9 Å². The Bertz CT molecular complexity index is 417. The van der Waals surface area contributed by atoms with Crippen molar-refractivity contribution in [3.8, 4) is 0 Å². The first kappa shape index (κ1) is 13.9. The van der Waals surface area contributed by atoms with Crippen molar-refractivity contribution in [2.45, 2.75) is 24.3 Å². The second-order valence-electron chi connectivity index (χ2n) is 3.61. The van der Waals surface area contributed by atoms with Crippen LogP contribution in [0.4, 0.5) is 0 Å². The number of aryl methyl sites for hydroxylation is 1. The van der Waals surface area contributed by atoms with E-state index in [4.69, 9.17) is 5.11 Å². The summed E-state index contributed by atoms with van der Waals surface area (Å²) >= 11 is 3.25. The lowest BCUT2D eigenvalue weighted by Gasteiger charge is -2.12. The maximum Gasteiger partial charge on any atom is 0.337 e. The fourth-order valence-electron chi connectivity index (χ4n) is 1.56. The summed E-state index contributed by atoms with van der Waals surface area (Å²) in [5.74, 6) is -1.27. The highest BCUT2D eigenvalue weighted by Crippen LogP contribution is 2.22. The number of halogens is 1. The molecule has 1 aromatic carbocycles. The van der Waals surface area contributed by atoms with E-state index in [0.29, 0.717) is 23.7 Å². The fraction of sp³-hybridized carbons (Fsp3) is 0.333. The molecule has 0 heterocycles. The van der Waals surface area contributed by atoms with Gasteiger partial charge in [0.25, 0.3) is 0 Å². The van der Waals surface area contributed by atoms with E-state index in [0.717, 1.165) is 17.4 Å². The summed E-state index contributed by atoms with van der Waals surface area (Å²) in [7, 11) is 0. The van der Waals surface area contributed by atoms with Gasteiger partial charge in [0.1, 0.15) is 6.29 Å². The Morgan fingerprint density at radius 3 is 2.71 bits per heavy atom. The van der Waals surface area contributed by atoms with Gasteiger partial charge in [-0.1, -0.05) is 34.1 Å². The van der Waals surface area contributed by atoms with Crippen LogP contribution in [0.3, 0.4) is 0 Å². The second-order valence-corrected chi connectivity index (χ2v) is 4.17. The summed E-state index contributed by atoms with van der Waals surface area (Å²) in [5, 5.41) is 18.7. The summed E-state index contributed by atoms with van der Waals surface area (Å²) in [6.45, 7) is 0. The van der Waals surface area contributed by atoms with Gasteiger partial charge in [-0.3, -0.25) is 0 Å². The monoisotopic (exact) mass is 300 g/mol. The molecule has 4 nitrogen and oxygen atoms in total. The van der Waals surface area contributed by atoms with Gasteiger partial charge in [0.15, 0.2) is 6.10 Å². The number of carbonyl (C=O) groups is 2. The Balaban J connectivity index is 3.00. The van der Waals surface area contributed by atoms with Crippen LogP contribution in [0.25, 0.3) is 0 Å². The van der Waals surface area contributed by atoms with Crippen LogP contribution in [0.1, 0.15) is 29.2 Å². The van der Waals surface area contributed by atoms with Crippen LogP contribution in [0, 0.1) is 0 Å². The number of carboxylic acid groups (broad SMARTS) is 1. The number of carbonyl (C=O) groups excluding carboxylic acids is 1. The van der Waals surface area contributed by atoms with E-state index in [9.17, 15) is 14.7 Å². The number of aliphatic carboxylic acids is 1. The number of carboxylic acids is 1. The highest BCUT2D eigenvalue weighted by molar-refractivity contribution is 9.08. The van der Waals surface area contributed by atoms with Crippen molar-refractivity contribution < 1.29 is 19.8 Å². The molecule has 92 valence electrons. The summed E-state index contributed by atoms with van der Waals surface area (Å²) in [5.41, 5.74) is 2.06. The summed E-state index contributed by atoms with van der Waals surface area (Å²) in [4.78, 5) is 21.0. The van der Waals surface area contributed by atoms with Crippen LogP contribution in [-0.2, 0) is 21.3 Å². The molecule has 0 saturated carbocycles.